The topological polar surface area (TPSA) is 24.5 Å². The third kappa shape index (κ3) is 4.89. The highest BCUT2D eigenvalue weighted by Gasteiger charge is 2.18. The van der Waals surface area contributed by atoms with Crippen LogP contribution in [0.4, 0.5) is 0 Å². The molecule has 3 nitrogen and oxygen atoms in total. The van der Waals surface area contributed by atoms with Gasteiger partial charge in [-0.3, -0.25) is 0 Å². The molecule has 2 atom stereocenters. The molecule has 1 aliphatic heterocycles. The number of nitrogens with zero attached hydrogens (tertiary/aromatic N) is 1. The standard InChI is InChI=1S/C17H28N2O/c1-3-18-17(15-9-5-4-6-10-15)14-19(2)13-16-11-7-8-12-20-16/h4-6,9-10,16-18H,3,7-8,11-14H2,1-2H3. The second-order valence-electron chi connectivity index (χ2n) is 5.73. The fraction of sp³-hybridized carbons (Fsp3) is 0.647. The Morgan fingerprint density at radius 3 is 2.75 bits per heavy atom. The van der Waals surface area contributed by atoms with Gasteiger partial charge in [-0.2, -0.15) is 0 Å². The van der Waals surface area contributed by atoms with Gasteiger partial charge in [0.05, 0.1) is 6.10 Å². The van der Waals surface area contributed by atoms with Gasteiger partial charge in [-0.05, 0) is 38.4 Å². The van der Waals surface area contributed by atoms with Gasteiger partial charge in [-0.25, -0.2) is 0 Å². The molecule has 0 radical (unpaired) electrons. The van der Waals surface area contributed by atoms with E-state index in [0.29, 0.717) is 12.1 Å². The first kappa shape index (κ1) is 15.5. The molecule has 1 saturated heterocycles. The zero-order chi connectivity index (χ0) is 14.2. The summed E-state index contributed by atoms with van der Waals surface area (Å²) in [6, 6.07) is 11.1. The average Bonchev–Trinajstić information content (AvgIpc) is 2.49. The maximum atomic E-state index is 5.83. The second kappa shape index (κ2) is 8.40. The van der Waals surface area contributed by atoms with Crippen molar-refractivity contribution in [1.29, 1.82) is 0 Å². The molecule has 0 amide bonds. The zero-order valence-electron chi connectivity index (χ0n) is 12.8. The van der Waals surface area contributed by atoms with Crippen LogP contribution >= 0.6 is 0 Å². The van der Waals surface area contributed by atoms with Crippen molar-refractivity contribution in [2.45, 2.75) is 38.3 Å². The van der Waals surface area contributed by atoms with Crippen LogP contribution in [-0.4, -0.2) is 44.3 Å². The maximum Gasteiger partial charge on any atom is 0.0701 e. The van der Waals surface area contributed by atoms with Crippen molar-refractivity contribution in [3.05, 3.63) is 35.9 Å². The predicted octanol–water partition coefficient (Wildman–Crippen LogP) is 2.84. The fourth-order valence-electron chi connectivity index (χ4n) is 2.90. The van der Waals surface area contributed by atoms with Gasteiger partial charge >= 0.3 is 0 Å². The maximum absolute atomic E-state index is 5.83. The van der Waals surface area contributed by atoms with Crippen molar-refractivity contribution in [2.75, 3.05) is 33.3 Å². The first-order valence-electron chi connectivity index (χ1n) is 7.88. The largest absolute Gasteiger partial charge is 0.377 e. The summed E-state index contributed by atoms with van der Waals surface area (Å²) in [6.45, 7) is 6.16. The summed E-state index contributed by atoms with van der Waals surface area (Å²) in [4.78, 5) is 2.40. The molecule has 20 heavy (non-hydrogen) atoms. The smallest absolute Gasteiger partial charge is 0.0701 e. The number of benzene rings is 1. The Morgan fingerprint density at radius 1 is 1.30 bits per heavy atom. The summed E-state index contributed by atoms with van der Waals surface area (Å²) in [7, 11) is 2.20. The van der Waals surface area contributed by atoms with Crippen LogP contribution in [0.1, 0.15) is 37.8 Å². The highest BCUT2D eigenvalue weighted by molar-refractivity contribution is 5.19. The Bertz CT molecular complexity index is 363. The van der Waals surface area contributed by atoms with E-state index in [-0.39, 0.29) is 0 Å². The van der Waals surface area contributed by atoms with Gasteiger partial charge in [-0.15, -0.1) is 0 Å². The number of ether oxygens (including phenoxy) is 1. The normalized spacial score (nSPS) is 21.1. The fourth-order valence-corrected chi connectivity index (χ4v) is 2.90. The molecular formula is C17H28N2O. The van der Waals surface area contributed by atoms with Crippen LogP contribution < -0.4 is 5.32 Å². The molecule has 1 fully saturated rings. The summed E-state index contributed by atoms with van der Waals surface area (Å²) in [5, 5.41) is 3.58. The number of nitrogens with one attached hydrogen (secondary N) is 1. The Labute approximate surface area is 123 Å². The lowest BCUT2D eigenvalue weighted by molar-refractivity contribution is -0.00261. The third-order valence-corrected chi connectivity index (χ3v) is 3.94. The number of hydrogen-bond donors (Lipinski definition) is 1. The number of hydrogen-bond acceptors (Lipinski definition) is 3. The SMILES string of the molecule is CCNC(CN(C)CC1CCCCO1)c1ccccc1. The number of likely N-dealkylation sites (N-methyl/N-ethyl adjacent to an activating group) is 2. The lowest BCUT2D eigenvalue weighted by atomic mass is 10.1. The molecule has 112 valence electrons. The molecule has 1 aliphatic rings. The Morgan fingerprint density at radius 2 is 2.10 bits per heavy atom. The van der Waals surface area contributed by atoms with Gasteiger partial charge in [-0.1, -0.05) is 37.3 Å². The molecule has 1 N–H and O–H groups in total. The van der Waals surface area contributed by atoms with E-state index in [1.54, 1.807) is 0 Å². The van der Waals surface area contributed by atoms with E-state index in [2.05, 4.69) is 54.5 Å². The first-order chi connectivity index (χ1) is 9.79. The molecule has 0 spiro atoms. The predicted molar refractivity (Wildman–Crippen MR) is 83.9 cm³/mol. The molecule has 0 aliphatic carbocycles. The minimum Gasteiger partial charge on any atom is -0.377 e. The lowest BCUT2D eigenvalue weighted by Gasteiger charge is -2.30. The van der Waals surface area contributed by atoms with Crippen LogP contribution in [0.2, 0.25) is 0 Å². The van der Waals surface area contributed by atoms with E-state index >= 15 is 0 Å². The summed E-state index contributed by atoms with van der Waals surface area (Å²) in [5.74, 6) is 0. The molecule has 0 aromatic heterocycles. The van der Waals surface area contributed by atoms with Gasteiger partial charge in [0.25, 0.3) is 0 Å². The van der Waals surface area contributed by atoms with Gasteiger partial charge in [0.2, 0.25) is 0 Å². The van der Waals surface area contributed by atoms with Crippen LogP contribution in [-0.2, 0) is 4.74 Å². The minimum absolute atomic E-state index is 0.398. The lowest BCUT2D eigenvalue weighted by Crippen LogP contribution is -2.38. The van der Waals surface area contributed by atoms with Crippen LogP contribution in [0, 0.1) is 0 Å². The third-order valence-electron chi connectivity index (χ3n) is 3.94. The van der Waals surface area contributed by atoms with Crippen LogP contribution in [0.3, 0.4) is 0 Å². The van der Waals surface area contributed by atoms with Crippen LogP contribution in [0.5, 0.6) is 0 Å². The molecule has 2 unspecified atom stereocenters. The van der Waals surface area contributed by atoms with E-state index in [1.165, 1.54) is 24.8 Å². The van der Waals surface area contributed by atoms with Gasteiger partial charge in [0.1, 0.15) is 0 Å². The van der Waals surface area contributed by atoms with Crippen molar-refractivity contribution in [1.82, 2.24) is 10.2 Å². The van der Waals surface area contributed by atoms with Gasteiger partial charge < -0.3 is 15.0 Å². The monoisotopic (exact) mass is 276 g/mol. The van der Waals surface area contributed by atoms with Crippen molar-refractivity contribution < 1.29 is 4.74 Å². The van der Waals surface area contributed by atoms with Crippen molar-refractivity contribution in [3.63, 3.8) is 0 Å². The summed E-state index contributed by atoms with van der Waals surface area (Å²) in [6.07, 6.45) is 4.17. The summed E-state index contributed by atoms with van der Waals surface area (Å²) < 4.78 is 5.83. The van der Waals surface area contributed by atoms with Crippen molar-refractivity contribution in [3.8, 4) is 0 Å². The van der Waals surface area contributed by atoms with Gasteiger partial charge in [0, 0.05) is 25.7 Å². The Balaban J connectivity index is 1.87. The summed E-state index contributed by atoms with van der Waals surface area (Å²) >= 11 is 0. The van der Waals surface area contributed by atoms with Gasteiger partial charge in [0.15, 0.2) is 0 Å². The summed E-state index contributed by atoms with van der Waals surface area (Å²) in [5.41, 5.74) is 1.37. The van der Waals surface area contributed by atoms with Crippen molar-refractivity contribution in [2.24, 2.45) is 0 Å². The van der Waals surface area contributed by atoms with Crippen molar-refractivity contribution >= 4 is 0 Å². The molecule has 3 heteroatoms. The second-order valence-corrected chi connectivity index (χ2v) is 5.73. The first-order valence-corrected chi connectivity index (χ1v) is 7.88. The molecule has 1 aromatic carbocycles. The molecule has 0 bridgehead atoms. The Kier molecular flexibility index (Phi) is 6.51. The van der Waals surface area contributed by atoms with Crippen LogP contribution in [0.15, 0.2) is 30.3 Å². The van der Waals surface area contributed by atoms with Crippen LogP contribution in [0.25, 0.3) is 0 Å². The molecule has 1 aromatic rings. The highest BCUT2D eigenvalue weighted by Crippen LogP contribution is 2.17. The molecular weight excluding hydrogens is 248 g/mol. The van der Waals surface area contributed by atoms with E-state index in [9.17, 15) is 0 Å². The van der Waals surface area contributed by atoms with E-state index in [4.69, 9.17) is 4.74 Å². The minimum atomic E-state index is 0.398. The quantitative estimate of drug-likeness (QED) is 0.829. The zero-order valence-corrected chi connectivity index (χ0v) is 12.8. The van der Waals surface area contributed by atoms with E-state index < -0.39 is 0 Å². The molecule has 0 saturated carbocycles. The van der Waals surface area contributed by atoms with E-state index in [0.717, 1.165) is 26.2 Å². The average molecular weight is 276 g/mol. The molecule has 1 heterocycles. The Hall–Kier alpha value is -0.900. The highest BCUT2D eigenvalue weighted by atomic mass is 16.5. The molecule has 2 rings (SSSR count). The van der Waals surface area contributed by atoms with E-state index in [1.807, 2.05) is 0 Å². The number of rotatable bonds is 7.